The lowest BCUT2D eigenvalue weighted by Crippen LogP contribution is -2.32. The smallest absolute Gasteiger partial charge is 0.316 e. The van der Waals surface area contributed by atoms with Gasteiger partial charge < -0.3 is 16.0 Å². The number of hydrogen-bond acceptors (Lipinski definition) is 2. The Morgan fingerprint density at radius 3 is 2.58 bits per heavy atom. The van der Waals surface area contributed by atoms with Crippen LogP contribution in [0.2, 0.25) is 0 Å². The molecule has 5 heteroatoms. The molecule has 1 saturated carbocycles. The lowest BCUT2D eigenvalue weighted by atomic mass is 10.1. The molecule has 124 valence electrons. The van der Waals surface area contributed by atoms with Crippen molar-refractivity contribution in [2.45, 2.75) is 32.4 Å². The third kappa shape index (κ3) is 3.93. The third-order valence-electron chi connectivity index (χ3n) is 4.06. The third-order valence-corrected chi connectivity index (χ3v) is 4.06. The molecule has 1 aliphatic rings. The minimum atomic E-state index is -0.640. The maximum absolute atomic E-state index is 12.9. The number of hydrogen-bond donors (Lipinski definition) is 2. The predicted molar refractivity (Wildman–Crippen MR) is 93.7 cm³/mol. The van der Waals surface area contributed by atoms with E-state index in [0.29, 0.717) is 23.8 Å². The highest BCUT2D eigenvalue weighted by atomic mass is 16.2. The Morgan fingerprint density at radius 2 is 1.92 bits per heavy atom. The lowest BCUT2D eigenvalue weighted by molar-refractivity contribution is 0.0730. The van der Waals surface area contributed by atoms with Gasteiger partial charge in [0.15, 0.2) is 0 Å². The molecule has 5 nitrogen and oxygen atoms in total. The van der Waals surface area contributed by atoms with Crippen molar-refractivity contribution in [3.05, 3.63) is 65.2 Å². The number of nitrogens with two attached hydrogens (primary N) is 1. The number of carbonyl (C=O) groups excluding carboxylic acids is 2. The molecule has 1 aliphatic carbocycles. The number of nitrogens with zero attached hydrogens (tertiary/aromatic N) is 1. The summed E-state index contributed by atoms with van der Waals surface area (Å²) in [7, 11) is 0. The molecule has 0 radical (unpaired) electrons. The van der Waals surface area contributed by atoms with E-state index in [1.807, 2.05) is 30.0 Å². The van der Waals surface area contributed by atoms with Gasteiger partial charge >= 0.3 is 6.03 Å². The van der Waals surface area contributed by atoms with Crippen LogP contribution in [0.15, 0.2) is 48.5 Å². The topological polar surface area (TPSA) is 75.4 Å². The van der Waals surface area contributed by atoms with E-state index >= 15 is 0 Å². The van der Waals surface area contributed by atoms with Crippen molar-refractivity contribution in [3.63, 3.8) is 0 Å². The van der Waals surface area contributed by atoms with E-state index in [0.717, 1.165) is 18.4 Å². The highest BCUT2D eigenvalue weighted by Gasteiger charge is 2.33. The van der Waals surface area contributed by atoms with Crippen molar-refractivity contribution >= 4 is 17.6 Å². The number of benzene rings is 2. The molecule has 3 N–H and O–H groups in total. The Morgan fingerprint density at radius 1 is 1.17 bits per heavy atom. The van der Waals surface area contributed by atoms with Gasteiger partial charge in [0.25, 0.3) is 5.91 Å². The largest absolute Gasteiger partial charge is 0.351 e. The molecule has 3 amide bonds. The van der Waals surface area contributed by atoms with Crippen molar-refractivity contribution in [2.24, 2.45) is 5.73 Å². The van der Waals surface area contributed by atoms with E-state index in [4.69, 9.17) is 5.73 Å². The molecule has 0 heterocycles. The average Bonchev–Trinajstić information content (AvgIpc) is 3.36. The Balaban J connectivity index is 1.81. The highest BCUT2D eigenvalue weighted by molar-refractivity contribution is 5.97. The van der Waals surface area contributed by atoms with E-state index in [1.54, 1.807) is 24.3 Å². The molecule has 2 aromatic rings. The van der Waals surface area contributed by atoms with Crippen LogP contribution in [0.5, 0.6) is 0 Å². The molecule has 2 aromatic carbocycles. The van der Waals surface area contributed by atoms with Gasteiger partial charge in [-0.25, -0.2) is 4.79 Å². The molecule has 0 aromatic heterocycles. The van der Waals surface area contributed by atoms with Gasteiger partial charge in [-0.05, 0) is 43.5 Å². The first-order valence-electron chi connectivity index (χ1n) is 8.06. The maximum atomic E-state index is 12.9. The first-order valence-corrected chi connectivity index (χ1v) is 8.06. The van der Waals surface area contributed by atoms with E-state index in [-0.39, 0.29) is 5.91 Å². The zero-order chi connectivity index (χ0) is 17.1. The molecule has 0 spiro atoms. The molecule has 0 aliphatic heterocycles. The molecular formula is C19H21N3O2. The Labute approximate surface area is 141 Å². The van der Waals surface area contributed by atoms with Gasteiger partial charge in [-0.3, -0.25) is 4.79 Å². The van der Waals surface area contributed by atoms with E-state index in [2.05, 4.69) is 11.4 Å². The number of carbonyl (C=O) groups is 2. The normalized spacial score (nSPS) is 13.4. The maximum Gasteiger partial charge on any atom is 0.316 e. The van der Waals surface area contributed by atoms with Crippen LogP contribution in [-0.4, -0.2) is 22.9 Å². The zero-order valence-electron chi connectivity index (χ0n) is 13.7. The van der Waals surface area contributed by atoms with Crippen molar-refractivity contribution in [1.82, 2.24) is 4.90 Å². The second-order valence-electron chi connectivity index (χ2n) is 6.22. The summed E-state index contributed by atoms with van der Waals surface area (Å²) in [5.74, 6) is -0.0212. The van der Waals surface area contributed by atoms with Crippen LogP contribution >= 0.6 is 0 Å². The van der Waals surface area contributed by atoms with Crippen molar-refractivity contribution in [3.8, 4) is 0 Å². The van der Waals surface area contributed by atoms with Gasteiger partial charge in [0.2, 0.25) is 0 Å². The predicted octanol–water partition coefficient (Wildman–Crippen LogP) is 3.29. The van der Waals surface area contributed by atoms with Gasteiger partial charge in [0.05, 0.1) is 0 Å². The minimum Gasteiger partial charge on any atom is -0.351 e. The molecule has 0 bridgehead atoms. The summed E-state index contributed by atoms with van der Waals surface area (Å²) in [6, 6.07) is 14.8. The molecule has 1 fully saturated rings. The molecule has 0 saturated heterocycles. The number of rotatable bonds is 5. The summed E-state index contributed by atoms with van der Waals surface area (Å²) in [5, 5.41) is 2.51. The van der Waals surface area contributed by atoms with Gasteiger partial charge in [-0.15, -0.1) is 0 Å². The second-order valence-corrected chi connectivity index (χ2v) is 6.22. The standard InChI is InChI=1S/C19H21N3O2/c1-13-4-2-5-14(10-13)12-22(17-8-9-17)18(23)15-6-3-7-16(11-15)21-19(20)24/h2-7,10-11,17H,8-9,12H2,1H3,(H3,20,21,24). The first-order chi connectivity index (χ1) is 11.5. The van der Waals surface area contributed by atoms with E-state index in [1.165, 1.54) is 5.56 Å². The van der Waals surface area contributed by atoms with Crippen LogP contribution in [0.25, 0.3) is 0 Å². The summed E-state index contributed by atoms with van der Waals surface area (Å²) in [4.78, 5) is 25.8. The molecular weight excluding hydrogens is 302 g/mol. The lowest BCUT2D eigenvalue weighted by Gasteiger charge is -2.23. The van der Waals surface area contributed by atoms with Crippen LogP contribution in [0.3, 0.4) is 0 Å². The van der Waals surface area contributed by atoms with Crippen LogP contribution in [-0.2, 0) is 6.54 Å². The number of urea groups is 1. The summed E-state index contributed by atoms with van der Waals surface area (Å²) >= 11 is 0. The fraction of sp³-hybridized carbons (Fsp3) is 0.263. The van der Waals surface area contributed by atoms with Crippen LogP contribution in [0.4, 0.5) is 10.5 Å². The molecule has 3 rings (SSSR count). The molecule has 0 unspecified atom stereocenters. The van der Waals surface area contributed by atoms with Gasteiger partial charge in [0.1, 0.15) is 0 Å². The fourth-order valence-corrected chi connectivity index (χ4v) is 2.80. The fourth-order valence-electron chi connectivity index (χ4n) is 2.80. The molecule has 24 heavy (non-hydrogen) atoms. The Kier molecular flexibility index (Phi) is 4.51. The van der Waals surface area contributed by atoms with E-state index in [9.17, 15) is 9.59 Å². The van der Waals surface area contributed by atoms with Crippen LogP contribution in [0.1, 0.15) is 34.3 Å². The number of nitrogens with one attached hydrogen (secondary N) is 1. The SMILES string of the molecule is Cc1cccc(CN(C(=O)c2cccc(NC(N)=O)c2)C2CC2)c1. The van der Waals surface area contributed by atoms with Crippen LogP contribution in [0, 0.1) is 6.92 Å². The van der Waals surface area contributed by atoms with Gasteiger partial charge in [-0.2, -0.15) is 0 Å². The quantitative estimate of drug-likeness (QED) is 0.886. The number of anilines is 1. The number of primary amides is 1. The number of aryl methyl sites for hydroxylation is 1. The number of amides is 3. The summed E-state index contributed by atoms with van der Waals surface area (Å²) in [6.07, 6.45) is 2.08. The summed E-state index contributed by atoms with van der Waals surface area (Å²) in [6.45, 7) is 2.64. The van der Waals surface area contributed by atoms with Crippen molar-refractivity contribution in [1.29, 1.82) is 0 Å². The second kappa shape index (κ2) is 6.74. The monoisotopic (exact) mass is 323 g/mol. The Bertz CT molecular complexity index is 769. The van der Waals surface area contributed by atoms with Gasteiger partial charge in [-0.1, -0.05) is 35.9 Å². The highest BCUT2D eigenvalue weighted by Crippen LogP contribution is 2.30. The van der Waals surface area contributed by atoms with Crippen LogP contribution < -0.4 is 11.1 Å². The van der Waals surface area contributed by atoms with Gasteiger partial charge in [0, 0.05) is 23.8 Å². The van der Waals surface area contributed by atoms with Crippen molar-refractivity contribution in [2.75, 3.05) is 5.32 Å². The zero-order valence-corrected chi connectivity index (χ0v) is 13.7. The summed E-state index contributed by atoms with van der Waals surface area (Å²) in [5.41, 5.74) is 8.53. The summed E-state index contributed by atoms with van der Waals surface area (Å²) < 4.78 is 0. The average molecular weight is 323 g/mol. The Hall–Kier alpha value is -2.82. The van der Waals surface area contributed by atoms with E-state index < -0.39 is 6.03 Å². The first kappa shape index (κ1) is 16.1. The van der Waals surface area contributed by atoms with Crippen molar-refractivity contribution < 1.29 is 9.59 Å². The minimum absolute atomic E-state index is 0.0212. The molecule has 0 atom stereocenters.